The van der Waals surface area contributed by atoms with E-state index in [2.05, 4.69) is 5.32 Å². The van der Waals surface area contributed by atoms with Crippen molar-refractivity contribution in [2.24, 2.45) is 23.7 Å². The van der Waals surface area contributed by atoms with Crippen molar-refractivity contribution in [3.8, 4) is 0 Å². The number of carbonyl (C=O) groups is 5. The monoisotopic (exact) mass is 684 g/mol. The molecule has 0 aromatic carbocycles. The summed E-state index contributed by atoms with van der Waals surface area (Å²) in [5.74, 6) is -3.44. The van der Waals surface area contributed by atoms with Gasteiger partial charge in [-0.1, -0.05) is 48.0 Å². The molecular weight excluding hydrogens is 620 g/mol. The SMILES string of the molecule is CCC(C)C(C(CC(=O)N1CCCC1C(OC)C(C)C(=O)O)OC)N(C)C(=O)C(NC(=O)C(C(C)C)N(C)C(=O)OC(C)(C)C)C(C)C. The van der Waals surface area contributed by atoms with Crippen molar-refractivity contribution in [1.29, 1.82) is 0 Å². The lowest BCUT2D eigenvalue weighted by Gasteiger charge is -2.41. The minimum absolute atomic E-state index is 0.0215. The molecule has 0 saturated carbocycles. The van der Waals surface area contributed by atoms with Gasteiger partial charge in [-0.25, -0.2) is 4.79 Å². The summed E-state index contributed by atoms with van der Waals surface area (Å²) in [6.45, 7) is 18.6. The molecule has 1 heterocycles. The van der Waals surface area contributed by atoms with Crippen molar-refractivity contribution in [3.05, 3.63) is 0 Å². The molecule has 0 aromatic rings. The second-order valence-electron chi connectivity index (χ2n) is 14.9. The molecule has 8 atom stereocenters. The van der Waals surface area contributed by atoms with Gasteiger partial charge in [0.25, 0.3) is 0 Å². The summed E-state index contributed by atoms with van der Waals surface area (Å²) in [6.07, 6.45) is 0.0489. The van der Waals surface area contributed by atoms with Crippen LogP contribution in [0.2, 0.25) is 0 Å². The quantitative estimate of drug-likeness (QED) is 0.231. The fraction of sp³-hybridized carbons (Fsp3) is 0.857. The van der Waals surface area contributed by atoms with E-state index in [4.69, 9.17) is 14.2 Å². The molecule has 278 valence electrons. The summed E-state index contributed by atoms with van der Waals surface area (Å²) in [7, 11) is 6.15. The van der Waals surface area contributed by atoms with Crippen LogP contribution in [0.15, 0.2) is 0 Å². The molecule has 0 spiro atoms. The van der Waals surface area contributed by atoms with Gasteiger partial charge >= 0.3 is 12.1 Å². The number of amides is 4. The van der Waals surface area contributed by atoms with E-state index in [9.17, 15) is 29.1 Å². The standard InChI is InChI=1S/C35H64N4O9/c1-15-22(6)29(25(46-13)19-26(40)39-18-16-17-24(39)30(47-14)23(7)33(43)44)37(11)32(42)27(20(2)3)36-31(41)28(21(4)5)38(12)34(45)48-35(8,9)10/h20-25,27-30H,15-19H2,1-14H3,(H,36,41)(H,43,44). The molecule has 1 aliphatic rings. The lowest BCUT2D eigenvalue weighted by Crippen LogP contribution is -2.60. The van der Waals surface area contributed by atoms with Crippen LogP contribution in [0, 0.1) is 23.7 Å². The first-order chi connectivity index (χ1) is 22.1. The molecule has 8 unspecified atom stereocenters. The number of carbonyl (C=O) groups excluding carboxylic acids is 4. The van der Waals surface area contributed by atoms with Gasteiger partial charge < -0.3 is 34.4 Å². The molecule has 0 bridgehead atoms. The van der Waals surface area contributed by atoms with Crippen molar-refractivity contribution < 1.29 is 43.3 Å². The fourth-order valence-electron chi connectivity index (χ4n) is 6.64. The molecule has 1 saturated heterocycles. The Labute approximate surface area is 288 Å². The molecule has 2 N–H and O–H groups in total. The van der Waals surface area contributed by atoms with Crippen LogP contribution in [0.4, 0.5) is 4.79 Å². The number of methoxy groups -OCH3 is 2. The van der Waals surface area contributed by atoms with Crippen LogP contribution >= 0.6 is 0 Å². The maximum absolute atomic E-state index is 14.2. The number of rotatable bonds is 17. The smallest absolute Gasteiger partial charge is 0.410 e. The Balaban J connectivity index is 3.32. The van der Waals surface area contributed by atoms with E-state index < -0.39 is 59.8 Å². The number of nitrogens with one attached hydrogen (secondary N) is 1. The third kappa shape index (κ3) is 11.3. The second-order valence-corrected chi connectivity index (χ2v) is 14.9. The number of nitrogens with zero attached hydrogens (tertiary/aromatic N) is 3. The Morgan fingerprint density at radius 3 is 1.96 bits per heavy atom. The maximum atomic E-state index is 14.2. The Morgan fingerprint density at radius 1 is 0.938 bits per heavy atom. The minimum atomic E-state index is -0.990. The number of carboxylic acid groups (broad SMARTS) is 1. The Hall–Kier alpha value is -2.93. The van der Waals surface area contributed by atoms with Crippen LogP contribution < -0.4 is 5.32 Å². The molecule has 4 amide bonds. The van der Waals surface area contributed by atoms with Crippen LogP contribution in [0.3, 0.4) is 0 Å². The zero-order valence-corrected chi connectivity index (χ0v) is 31.9. The predicted molar refractivity (Wildman–Crippen MR) is 183 cm³/mol. The Kier molecular flexibility index (Phi) is 16.8. The largest absolute Gasteiger partial charge is 0.481 e. The molecule has 0 aromatic heterocycles. The number of aliphatic carboxylic acids is 1. The molecule has 1 aliphatic heterocycles. The van der Waals surface area contributed by atoms with Crippen molar-refractivity contribution in [2.45, 2.75) is 137 Å². The number of carboxylic acids is 1. The highest BCUT2D eigenvalue weighted by molar-refractivity contribution is 5.91. The van der Waals surface area contributed by atoms with E-state index in [1.807, 2.05) is 41.5 Å². The van der Waals surface area contributed by atoms with Crippen molar-refractivity contribution in [1.82, 2.24) is 20.0 Å². The minimum Gasteiger partial charge on any atom is -0.481 e. The van der Waals surface area contributed by atoms with E-state index >= 15 is 0 Å². The van der Waals surface area contributed by atoms with E-state index in [0.29, 0.717) is 19.4 Å². The highest BCUT2D eigenvalue weighted by Crippen LogP contribution is 2.29. The summed E-state index contributed by atoms with van der Waals surface area (Å²) in [6, 6.07) is -2.71. The van der Waals surface area contributed by atoms with Crippen LogP contribution in [0.1, 0.15) is 94.9 Å². The van der Waals surface area contributed by atoms with Crippen molar-refractivity contribution in [2.75, 3.05) is 34.9 Å². The van der Waals surface area contributed by atoms with Gasteiger partial charge in [0.1, 0.15) is 17.7 Å². The highest BCUT2D eigenvalue weighted by atomic mass is 16.6. The van der Waals surface area contributed by atoms with Gasteiger partial charge in [0.05, 0.1) is 36.6 Å². The van der Waals surface area contributed by atoms with Crippen molar-refractivity contribution >= 4 is 29.8 Å². The van der Waals surface area contributed by atoms with Crippen LogP contribution in [-0.2, 0) is 33.4 Å². The summed E-state index contributed by atoms with van der Waals surface area (Å²) < 4.78 is 17.0. The maximum Gasteiger partial charge on any atom is 0.410 e. The first-order valence-corrected chi connectivity index (χ1v) is 17.3. The zero-order valence-electron chi connectivity index (χ0n) is 31.9. The lowest BCUT2D eigenvalue weighted by molar-refractivity contribution is -0.152. The average molecular weight is 685 g/mol. The van der Waals surface area contributed by atoms with E-state index in [1.54, 1.807) is 44.5 Å². The zero-order chi connectivity index (χ0) is 37.3. The highest BCUT2D eigenvalue weighted by Gasteiger charge is 2.43. The summed E-state index contributed by atoms with van der Waals surface area (Å²) in [5, 5.41) is 12.5. The van der Waals surface area contributed by atoms with Gasteiger partial charge in [-0.15, -0.1) is 0 Å². The molecule has 1 rings (SSSR count). The van der Waals surface area contributed by atoms with Crippen LogP contribution in [0.5, 0.6) is 0 Å². The van der Waals surface area contributed by atoms with E-state index in [0.717, 1.165) is 6.42 Å². The fourth-order valence-corrected chi connectivity index (χ4v) is 6.64. The first kappa shape index (κ1) is 43.1. The molecule has 48 heavy (non-hydrogen) atoms. The number of hydrogen-bond acceptors (Lipinski definition) is 8. The van der Waals surface area contributed by atoms with Gasteiger partial charge in [-0.05, 0) is 58.3 Å². The normalized spacial score (nSPS) is 19.6. The number of hydrogen-bond donors (Lipinski definition) is 2. The molecule has 0 radical (unpaired) electrons. The first-order valence-electron chi connectivity index (χ1n) is 17.3. The Morgan fingerprint density at radius 2 is 1.52 bits per heavy atom. The topological polar surface area (TPSA) is 155 Å². The summed E-state index contributed by atoms with van der Waals surface area (Å²) in [4.78, 5) is 70.9. The third-order valence-electron chi connectivity index (χ3n) is 9.46. The van der Waals surface area contributed by atoms with Gasteiger partial charge in [0.2, 0.25) is 17.7 Å². The van der Waals surface area contributed by atoms with Crippen LogP contribution in [0.25, 0.3) is 0 Å². The number of likely N-dealkylation sites (N-methyl/N-ethyl adjacent to an activating group) is 2. The number of likely N-dealkylation sites (tertiary alicyclic amines) is 1. The Bertz CT molecular complexity index is 1090. The van der Waals surface area contributed by atoms with Gasteiger partial charge in [0.15, 0.2) is 0 Å². The van der Waals surface area contributed by atoms with Gasteiger partial charge in [-0.3, -0.25) is 24.1 Å². The second kappa shape index (κ2) is 18.7. The molecular formula is C35H64N4O9. The summed E-state index contributed by atoms with van der Waals surface area (Å²) in [5.41, 5.74) is -0.745. The lowest BCUT2D eigenvalue weighted by atomic mass is 9.89. The van der Waals surface area contributed by atoms with Crippen LogP contribution in [-0.4, -0.2) is 126 Å². The predicted octanol–water partition coefficient (Wildman–Crippen LogP) is 4.02. The van der Waals surface area contributed by atoms with Gasteiger partial charge in [-0.2, -0.15) is 0 Å². The third-order valence-corrected chi connectivity index (χ3v) is 9.46. The molecule has 13 nitrogen and oxygen atoms in total. The van der Waals surface area contributed by atoms with Crippen molar-refractivity contribution in [3.63, 3.8) is 0 Å². The number of ether oxygens (including phenoxy) is 3. The molecule has 0 aliphatic carbocycles. The van der Waals surface area contributed by atoms with E-state index in [-0.39, 0.29) is 42.0 Å². The summed E-state index contributed by atoms with van der Waals surface area (Å²) >= 11 is 0. The molecule has 1 fully saturated rings. The van der Waals surface area contributed by atoms with E-state index in [1.165, 1.54) is 26.2 Å². The van der Waals surface area contributed by atoms with Gasteiger partial charge in [0, 0.05) is 34.9 Å². The average Bonchev–Trinajstić information content (AvgIpc) is 3.47. The molecule has 13 heteroatoms.